The van der Waals surface area contributed by atoms with Gasteiger partial charge in [-0.1, -0.05) is 0 Å². The summed E-state index contributed by atoms with van der Waals surface area (Å²) in [5, 5.41) is 4.66. The van der Waals surface area contributed by atoms with E-state index in [0.29, 0.717) is 0 Å². The SMILES string of the molecule is CCCC[PH](CCCC)(CCCC)c1ccc2ccccc2c1C. The first-order chi connectivity index (χ1) is 11.7. The summed E-state index contributed by atoms with van der Waals surface area (Å²) in [7, 11) is -1.40. The van der Waals surface area contributed by atoms with E-state index in [1.807, 2.05) is 0 Å². The summed E-state index contributed by atoms with van der Waals surface area (Å²) >= 11 is 0. The summed E-state index contributed by atoms with van der Waals surface area (Å²) in [4.78, 5) is 0. The molecule has 0 unspecified atom stereocenters. The zero-order chi connectivity index (χ0) is 17.4. The minimum absolute atomic E-state index is 1.33. The van der Waals surface area contributed by atoms with Crippen LogP contribution in [-0.4, -0.2) is 18.5 Å². The standard InChI is InChI=1S/C23H37P/c1-5-8-17-24(18-9-6-2,19-10-7-3)23-16-15-21-13-11-12-14-22(21)20(23)4/h11-16,24H,5-10,17-19H2,1-4H3. The second-order valence-corrected chi connectivity index (χ2v) is 12.1. The van der Waals surface area contributed by atoms with E-state index in [2.05, 4.69) is 64.1 Å². The maximum atomic E-state index is 2.52. The topological polar surface area (TPSA) is 0 Å². The first-order valence-corrected chi connectivity index (χ1v) is 12.8. The Morgan fingerprint density at radius 1 is 0.708 bits per heavy atom. The predicted molar refractivity (Wildman–Crippen MR) is 116 cm³/mol. The number of benzene rings is 2. The third kappa shape index (κ3) is 4.40. The van der Waals surface area contributed by atoms with Gasteiger partial charge in [-0.3, -0.25) is 0 Å². The molecule has 0 amide bonds. The van der Waals surface area contributed by atoms with Crippen molar-refractivity contribution in [1.29, 1.82) is 0 Å². The Hall–Kier alpha value is -0.870. The molecule has 2 rings (SSSR count). The van der Waals surface area contributed by atoms with Gasteiger partial charge < -0.3 is 0 Å². The van der Waals surface area contributed by atoms with E-state index in [-0.39, 0.29) is 0 Å². The van der Waals surface area contributed by atoms with Crippen LogP contribution in [0.4, 0.5) is 0 Å². The van der Waals surface area contributed by atoms with Crippen LogP contribution in [0.15, 0.2) is 36.4 Å². The van der Waals surface area contributed by atoms with Crippen molar-refractivity contribution in [2.24, 2.45) is 0 Å². The van der Waals surface area contributed by atoms with E-state index < -0.39 is 7.26 Å². The molecular weight excluding hydrogens is 307 g/mol. The Kier molecular flexibility index (Phi) is 7.76. The van der Waals surface area contributed by atoms with Gasteiger partial charge in [-0.2, -0.15) is 0 Å². The number of aryl methyl sites for hydroxylation is 1. The van der Waals surface area contributed by atoms with Gasteiger partial charge in [0.05, 0.1) is 0 Å². The van der Waals surface area contributed by atoms with Crippen molar-refractivity contribution in [2.75, 3.05) is 18.5 Å². The summed E-state index contributed by atoms with van der Waals surface area (Å²) in [5.74, 6) is 0. The first kappa shape index (κ1) is 19.5. The second kappa shape index (κ2) is 9.57. The molecule has 0 spiro atoms. The molecule has 0 heterocycles. The van der Waals surface area contributed by atoms with Crippen LogP contribution < -0.4 is 5.30 Å². The predicted octanol–water partition coefficient (Wildman–Crippen LogP) is 6.92. The fraction of sp³-hybridized carbons (Fsp3) is 0.565. The van der Waals surface area contributed by atoms with Gasteiger partial charge in [0.2, 0.25) is 0 Å². The molecule has 2 aromatic carbocycles. The van der Waals surface area contributed by atoms with E-state index in [1.165, 1.54) is 67.8 Å². The summed E-state index contributed by atoms with van der Waals surface area (Å²) in [6.07, 6.45) is 12.7. The van der Waals surface area contributed by atoms with Crippen LogP contribution in [0, 0.1) is 6.92 Å². The van der Waals surface area contributed by atoms with Crippen LogP contribution in [0.2, 0.25) is 0 Å². The summed E-state index contributed by atoms with van der Waals surface area (Å²) in [5.41, 5.74) is 1.59. The van der Waals surface area contributed by atoms with Gasteiger partial charge in [0.25, 0.3) is 0 Å². The molecule has 0 aliphatic heterocycles. The average molecular weight is 345 g/mol. The number of hydrogen-bond acceptors (Lipinski definition) is 0. The van der Waals surface area contributed by atoms with Crippen LogP contribution in [0.25, 0.3) is 10.8 Å². The summed E-state index contributed by atoms with van der Waals surface area (Å²) < 4.78 is 0. The van der Waals surface area contributed by atoms with Gasteiger partial charge >= 0.3 is 150 Å². The molecule has 0 bridgehead atoms. The van der Waals surface area contributed by atoms with Gasteiger partial charge in [-0.25, -0.2) is 0 Å². The molecule has 0 atom stereocenters. The van der Waals surface area contributed by atoms with Crippen molar-refractivity contribution in [3.05, 3.63) is 42.0 Å². The van der Waals surface area contributed by atoms with Gasteiger partial charge in [0.15, 0.2) is 0 Å². The number of fused-ring (bicyclic) bond motifs is 1. The number of unbranched alkanes of at least 4 members (excludes halogenated alkanes) is 3. The van der Waals surface area contributed by atoms with E-state index >= 15 is 0 Å². The molecule has 0 radical (unpaired) electrons. The van der Waals surface area contributed by atoms with Crippen molar-refractivity contribution >= 4 is 23.3 Å². The molecule has 134 valence electrons. The fourth-order valence-electron chi connectivity index (χ4n) is 4.33. The quantitative estimate of drug-likeness (QED) is 0.410. The van der Waals surface area contributed by atoms with Crippen LogP contribution in [0.5, 0.6) is 0 Å². The summed E-state index contributed by atoms with van der Waals surface area (Å²) in [6.45, 7) is 9.45. The first-order valence-electron chi connectivity index (χ1n) is 10.2. The molecule has 0 N–H and O–H groups in total. The van der Waals surface area contributed by atoms with Crippen LogP contribution in [0.3, 0.4) is 0 Å². The van der Waals surface area contributed by atoms with Gasteiger partial charge in [0, 0.05) is 0 Å². The summed E-state index contributed by atoms with van der Waals surface area (Å²) in [6, 6.07) is 13.9. The molecule has 2 aromatic rings. The van der Waals surface area contributed by atoms with Crippen molar-refractivity contribution in [3.8, 4) is 0 Å². The second-order valence-electron chi connectivity index (χ2n) is 7.55. The van der Waals surface area contributed by atoms with Gasteiger partial charge in [-0.05, 0) is 0 Å². The minimum atomic E-state index is -1.40. The van der Waals surface area contributed by atoms with E-state index in [9.17, 15) is 0 Å². The number of rotatable bonds is 10. The Labute approximate surface area is 150 Å². The molecule has 0 aliphatic rings. The van der Waals surface area contributed by atoms with E-state index in [0.717, 1.165) is 0 Å². The Balaban J connectivity index is 2.52. The molecule has 0 saturated heterocycles. The zero-order valence-electron chi connectivity index (χ0n) is 16.3. The normalized spacial score (nSPS) is 12.7. The third-order valence-corrected chi connectivity index (χ3v) is 11.4. The molecule has 0 aliphatic carbocycles. The van der Waals surface area contributed by atoms with Crippen LogP contribution in [-0.2, 0) is 0 Å². The van der Waals surface area contributed by atoms with Crippen molar-refractivity contribution in [3.63, 3.8) is 0 Å². The fourth-order valence-corrected chi connectivity index (χ4v) is 10.3. The van der Waals surface area contributed by atoms with Gasteiger partial charge in [-0.15, -0.1) is 0 Å². The third-order valence-electron chi connectivity index (χ3n) is 5.80. The van der Waals surface area contributed by atoms with Crippen molar-refractivity contribution < 1.29 is 0 Å². The van der Waals surface area contributed by atoms with E-state index in [1.54, 1.807) is 10.9 Å². The molecule has 0 nitrogen and oxygen atoms in total. The zero-order valence-corrected chi connectivity index (χ0v) is 17.3. The molecule has 1 heteroatoms. The maximum absolute atomic E-state index is 2.52. The Morgan fingerprint density at radius 3 is 1.79 bits per heavy atom. The van der Waals surface area contributed by atoms with Gasteiger partial charge in [0.1, 0.15) is 0 Å². The van der Waals surface area contributed by atoms with E-state index in [4.69, 9.17) is 0 Å². The monoisotopic (exact) mass is 344 g/mol. The molecule has 0 aromatic heterocycles. The molecule has 0 saturated carbocycles. The van der Waals surface area contributed by atoms with Crippen molar-refractivity contribution in [1.82, 2.24) is 0 Å². The Morgan fingerprint density at radius 2 is 1.25 bits per heavy atom. The van der Waals surface area contributed by atoms with Crippen LogP contribution >= 0.6 is 7.26 Å². The van der Waals surface area contributed by atoms with Crippen molar-refractivity contribution in [2.45, 2.75) is 66.2 Å². The molecule has 0 fully saturated rings. The average Bonchev–Trinajstić information content (AvgIpc) is 2.62. The Bertz CT molecular complexity index is 607. The number of hydrogen-bond donors (Lipinski definition) is 0. The van der Waals surface area contributed by atoms with Crippen LogP contribution in [0.1, 0.15) is 64.9 Å². The molecule has 24 heavy (non-hydrogen) atoms. The molecular formula is C23H37P.